The number of alkyl carbamates (subject to hydrolysis) is 2. The quantitative estimate of drug-likeness (QED) is 0.102. The van der Waals surface area contributed by atoms with Crippen molar-refractivity contribution >= 4 is 30.1 Å². The Morgan fingerprint density at radius 1 is 0.688 bits per heavy atom. The van der Waals surface area contributed by atoms with Gasteiger partial charge in [-0.1, -0.05) is 63.8 Å². The minimum Gasteiger partial charge on any atom is -0.453 e. The fourth-order valence-electron chi connectivity index (χ4n) is 7.76. The predicted octanol–water partition coefficient (Wildman–Crippen LogP) is 6.41. The first-order valence-electron chi connectivity index (χ1n) is 21.6. The summed E-state index contributed by atoms with van der Waals surface area (Å²) in [6, 6.07) is 13.1. The fraction of sp³-hybridized carbons (Fsp3) is 0.468. The Kier molecular flexibility index (Phi) is 14.7. The number of ether oxygens (including phenoxy) is 3. The van der Waals surface area contributed by atoms with Crippen LogP contribution in [0.1, 0.15) is 96.2 Å². The molecule has 2 saturated heterocycles. The number of carbonyl (C=O) groups excluding carboxylic acids is 5. The molecule has 5 amide bonds. The van der Waals surface area contributed by atoms with E-state index >= 15 is 0 Å². The number of aromatic amines is 2. The summed E-state index contributed by atoms with van der Waals surface area (Å²) in [5.41, 5.74) is 4.23. The Morgan fingerprint density at radius 3 is 1.58 bits per heavy atom. The van der Waals surface area contributed by atoms with E-state index in [0.29, 0.717) is 23.9 Å². The number of amides is 5. The summed E-state index contributed by atoms with van der Waals surface area (Å²) in [6.45, 7) is 14.0. The number of hydrogen-bond acceptors (Lipinski definition) is 10. The summed E-state index contributed by atoms with van der Waals surface area (Å²) in [7, 11) is 2.53. The molecule has 0 unspecified atom stereocenters. The van der Waals surface area contributed by atoms with Crippen molar-refractivity contribution in [2.75, 3.05) is 40.4 Å². The van der Waals surface area contributed by atoms with Crippen LogP contribution >= 0.6 is 0 Å². The zero-order chi connectivity index (χ0) is 46.3. The maximum atomic E-state index is 14.0. The highest BCUT2D eigenvalue weighted by Crippen LogP contribution is 2.33. The molecule has 0 bridgehead atoms. The molecule has 0 spiro atoms. The lowest BCUT2D eigenvalue weighted by molar-refractivity contribution is -0.140. The summed E-state index contributed by atoms with van der Waals surface area (Å²) >= 11 is 0. The van der Waals surface area contributed by atoms with Gasteiger partial charge in [-0.2, -0.15) is 0 Å². The Morgan fingerprint density at radius 2 is 1.14 bits per heavy atom. The van der Waals surface area contributed by atoms with Crippen molar-refractivity contribution in [3.63, 3.8) is 0 Å². The molecule has 17 nitrogen and oxygen atoms in total. The largest absolute Gasteiger partial charge is 0.453 e. The van der Waals surface area contributed by atoms with Gasteiger partial charge in [0.1, 0.15) is 35.4 Å². The normalized spacial score (nSPS) is 17.3. The number of benzene rings is 2. The number of imidazole rings is 2. The van der Waals surface area contributed by atoms with Crippen LogP contribution in [0.25, 0.3) is 22.5 Å². The van der Waals surface area contributed by atoms with Gasteiger partial charge in [0.25, 0.3) is 0 Å². The van der Waals surface area contributed by atoms with E-state index in [9.17, 15) is 24.0 Å². The van der Waals surface area contributed by atoms with Crippen molar-refractivity contribution in [3.8, 4) is 34.4 Å². The highest BCUT2D eigenvalue weighted by Gasteiger charge is 2.41. The molecule has 0 radical (unpaired) electrons. The maximum absolute atomic E-state index is 14.0. The Bertz CT molecular complexity index is 2350. The number of piperazine rings is 1. The van der Waals surface area contributed by atoms with Crippen LogP contribution in [0.4, 0.5) is 14.4 Å². The van der Waals surface area contributed by atoms with Gasteiger partial charge in [-0.3, -0.25) is 9.59 Å². The van der Waals surface area contributed by atoms with Crippen LogP contribution in [-0.4, -0.2) is 123 Å². The fourth-order valence-corrected chi connectivity index (χ4v) is 7.76. The van der Waals surface area contributed by atoms with Gasteiger partial charge in [-0.05, 0) is 80.8 Å². The number of likely N-dealkylation sites (tertiary alicyclic amines) is 1. The SMILES string of the molecule is COC(=O)N[C@H](C(=O)N1CCC[C@H]1c1ncc(-c2ccc(C#Cc3ccc(-c4cnc([C@@H]5CN(C(=O)OC(C)(C)C)CCN5C(=O)[C@@H](NC(=O)OC)C(C)C)[nH]4)cc3)cc2)[nH]1)C(C)C. The Hall–Kier alpha value is -6.83. The standard InChI is InChI=1S/C47H59N9O8/c1-28(2)38(52-44(59)62-8)42(57)55-22-10-11-36(55)40-48-25-34(50-40)32-18-14-30(15-19-32)12-13-31-16-20-33(21-17-31)35-26-49-41(51-35)37-27-54(46(61)64-47(5,6)7)23-24-56(37)43(58)39(29(3)4)53-45(60)63-9/h14-21,25-26,28-29,36-39H,10-11,22-24,27H2,1-9H3,(H,48,50)(H,49,51)(H,52,59)(H,53,60)/t36-,37-,38-,39-/m0/s1. The molecule has 6 rings (SSSR count). The van der Waals surface area contributed by atoms with Crippen molar-refractivity contribution < 1.29 is 38.2 Å². The van der Waals surface area contributed by atoms with Gasteiger partial charge in [0, 0.05) is 30.8 Å². The smallest absolute Gasteiger partial charge is 0.410 e. The first-order chi connectivity index (χ1) is 30.5. The molecule has 4 atom stereocenters. The van der Waals surface area contributed by atoms with Crippen LogP contribution in [0.5, 0.6) is 0 Å². The van der Waals surface area contributed by atoms with Crippen LogP contribution in [0.15, 0.2) is 60.9 Å². The highest BCUT2D eigenvalue weighted by molar-refractivity contribution is 5.87. The minimum atomic E-state index is -0.856. The molecule has 2 fully saturated rings. The third-order valence-corrected chi connectivity index (χ3v) is 11.2. The van der Waals surface area contributed by atoms with Crippen LogP contribution in [-0.2, 0) is 23.8 Å². The monoisotopic (exact) mass is 877 g/mol. The van der Waals surface area contributed by atoms with E-state index in [4.69, 9.17) is 14.2 Å². The van der Waals surface area contributed by atoms with Crippen molar-refractivity contribution in [3.05, 3.63) is 83.7 Å². The van der Waals surface area contributed by atoms with Gasteiger partial charge >= 0.3 is 18.3 Å². The van der Waals surface area contributed by atoms with Gasteiger partial charge in [-0.15, -0.1) is 0 Å². The molecular weight excluding hydrogens is 819 g/mol. The second kappa shape index (κ2) is 20.1. The Balaban J connectivity index is 1.13. The third-order valence-electron chi connectivity index (χ3n) is 11.2. The van der Waals surface area contributed by atoms with E-state index in [0.717, 1.165) is 40.8 Å². The van der Waals surface area contributed by atoms with E-state index in [2.05, 4.69) is 42.4 Å². The number of carbonyl (C=O) groups is 5. The average molecular weight is 878 g/mol. The predicted molar refractivity (Wildman–Crippen MR) is 238 cm³/mol. The van der Waals surface area contributed by atoms with E-state index in [1.807, 2.05) is 76.2 Å². The second-order valence-electron chi connectivity index (χ2n) is 17.6. The van der Waals surface area contributed by atoms with E-state index in [-0.39, 0.29) is 49.3 Å². The van der Waals surface area contributed by atoms with Gasteiger partial charge in [-0.25, -0.2) is 24.4 Å². The summed E-state index contributed by atoms with van der Waals surface area (Å²) in [5.74, 6) is 6.81. The summed E-state index contributed by atoms with van der Waals surface area (Å²) < 4.78 is 15.2. The third kappa shape index (κ3) is 11.2. The zero-order valence-electron chi connectivity index (χ0n) is 38.0. The van der Waals surface area contributed by atoms with Crippen LogP contribution in [0.2, 0.25) is 0 Å². The van der Waals surface area contributed by atoms with Gasteiger partial charge in [0.15, 0.2) is 0 Å². The second-order valence-corrected chi connectivity index (χ2v) is 17.6. The van der Waals surface area contributed by atoms with Crippen molar-refractivity contribution in [2.45, 2.75) is 91.1 Å². The lowest BCUT2D eigenvalue weighted by atomic mass is 10.0. The number of aromatic nitrogens is 4. The minimum absolute atomic E-state index is 0.122. The Labute approximate surface area is 374 Å². The number of H-pyrrole nitrogens is 2. The number of methoxy groups -OCH3 is 2. The topological polar surface area (TPSA) is 204 Å². The van der Waals surface area contributed by atoms with Gasteiger partial charge in [0.05, 0.1) is 50.6 Å². The van der Waals surface area contributed by atoms with Crippen molar-refractivity contribution in [1.82, 2.24) is 45.3 Å². The first kappa shape index (κ1) is 46.7. The summed E-state index contributed by atoms with van der Waals surface area (Å²) in [5, 5.41) is 5.35. The lowest BCUT2D eigenvalue weighted by Crippen LogP contribution is -2.58. The molecule has 0 aliphatic carbocycles. The van der Waals surface area contributed by atoms with Crippen LogP contribution in [0, 0.1) is 23.7 Å². The zero-order valence-corrected chi connectivity index (χ0v) is 38.0. The number of nitrogens with zero attached hydrogens (tertiary/aromatic N) is 5. The molecule has 0 saturated carbocycles. The molecule has 4 heterocycles. The molecule has 17 heteroatoms. The van der Waals surface area contributed by atoms with Gasteiger partial charge in [0.2, 0.25) is 11.8 Å². The maximum Gasteiger partial charge on any atom is 0.410 e. The van der Waals surface area contributed by atoms with Crippen molar-refractivity contribution in [1.29, 1.82) is 0 Å². The summed E-state index contributed by atoms with van der Waals surface area (Å²) in [6.07, 6.45) is 3.22. The molecule has 64 heavy (non-hydrogen) atoms. The van der Waals surface area contributed by atoms with Crippen LogP contribution in [0.3, 0.4) is 0 Å². The molecular formula is C47H59N9O8. The van der Waals surface area contributed by atoms with Crippen LogP contribution < -0.4 is 10.6 Å². The number of rotatable bonds is 10. The molecule has 2 aliphatic heterocycles. The molecule has 2 aromatic heterocycles. The number of nitrogens with one attached hydrogen (secondary N) is 4. The van der Waals surface area contributed by atoms with E-state index < -0.39 is 42.0 Å². The van der Waals surface area contributed by atoms with E-state index in [1.165, 1.54) is 14.2 Å². The molecule has 340 valence electrons. The highest BCUT2D eigenvalue weighted by atomic mass is 16.6. The first-order valence-corrected chi connectivity index (χ1v) is 21.6. The number of hydrogen-bond donors (Lipinski definition) is 4. The molecule has 2 aliphatic rings. The average Bonchev–Trinajstić information content (AvgIpc) is 4.08. The van der Waals surface area contributed by atoms with Gasteiger partial charge < -0.3 is 49.5 Å². The molecule has 4 N–H and O–H groups in total. The lowest BCUT2D eigenvalue weighted by Gasteiger charge is -2.42. The molecule has 4 aromatic rings. The van der Waals surface area contributed by atoms with E-state index in [1.54, 1.807) is 47.9 Å². The molecule has 2 aromatic carbocycles. The summed E-state index contributed by atoms with van der Waals surface area (Å²) in [4.78, 5) is 86.0. The van der Waals surface area contributed by atoms with Crippen molar-refractivity contribution in [2.24, 2.45) is 11.8 Å².